The predicted molar refractivity (Wildman–Crippen MR) is 254 cm³/mol. The predicted octanol–water partition coefficient (Wildman–Crippen LogP) is 11.3. The van der Waals surface area contributed by atoms with Crippen molar-refractivity contribution in [1.82, 2.24) is 0 Å². The third-order valence-electron chi connectivity index (χ3n) is 13.2. The number of hydrogen-bond donors (Lipinski definition) is 0. The summed E-state index contributed by atoms with van der Waals surface area (Å²) in [6.07, 6.45) is 0. The van der Waals surface area contributed by atoms with Crippen molar-refractivity contribution in [2.75, 3.05) is 14.7 Å². The number of aryl methyl sites for hydroxylation is 1. The van der Waals surface area contributed by atoms with Gasteiger partial charge in [0.2, 0.25) is 0 Å². The van der Waals surface area contributed by atoms with E-state index < -0.39 is 8.07 Å². The van der Waals surface area contributed by atoms with Crippen LogP contribution in [-0.2, 0) is 0 Å². The average Bonchev–Trinajstić information content (AvgIpc) is 3.85. The van der Waals surface area contributed by atoms with Crippen molar-refractivity contribution in [1.29, 1.82) is 0 Å². The fourth-order valence-electron chi connectivity index (χ4n) is 10.3. The van der Waals surface area contributed by atoms with Crippen LogP contribution in [0, 0.1) is 6.92 Å². The quantitative estimate of drug-likeness (QED) is 0.163. The summed E-state index contributed by atoms with van der Waals surface area (Å²) in [5.41, 5.74) is 17.5. The van der Waals surface area contributed by atoms with Crippen LogP contribution in [0.1, 0.15) is 5.56 Å². The molecule has 284 valence electrons. The highest BCUT2D eigenvalue weighted by Crippen LogP contribution is 2.48. The number of hydrogen-bond acceptors (Lipinski definition) is 5. The number of fused-ring (bicyclic) bond motifs is 15. The Morgan fingerprint density at radius 1 is 0.433 bits per heavy atom. The van der Waals surface area contributed by atoms with Gasteiger partial charge in [-0.25, -0.2) is 0 Å². The lowest BCUT2D eigenvalue weighted by atomic mass is 9.35. The Hall–Kier alpha value is -7.22. The zero-order valence-electron chi connectivity index (χ0n) is 33.5. The fraction of sp³-hybridized carbons (Fsp3) is 0.0566. The number of nitrogens with zero attached hydrogens (tertiary/aromatic N) is 3. The first-order chi connectivity index (χ1) is 29.4. The SMILES string of the molecule is Cc1cc2c3c(c1)N(c1ccccc1)c1c(oc4ccccc14)B3c1ccc3cc1N2c1cccc(c1)[Si](C)(C)c1cccc(c1)N3c1ccc2oc3ccccc3c2c1. The lowest BCUT2D eigenvalue weighted by Gasteiger charge is -2.43. The third-order valence-corrected chi connectivity index (χ3v) is 16.8. The topological polar surface area (TPSA) is 36.0 Å². The van der Waals surface area contributed by atoms with E-state index in [4.69, 9.17) is 8.83 Å². The number of para-hydroxylation sites is 3. The molecule has 0 atom stereocenters. The third kappa shape index (κ3) is 4.63. The first kappa shape index (κ1) is 33.7. The van der Waals surface area contributed by atoms with Gasteiger partial charge in [-0.2, -0.15) is 0 Å². The largest absolute Gasteiger partial charge is 0.468 e. The van der Waals surface area contributed by atoms with Crippen LogP contribution in [0.25, 0.3) is 32.9 Å². The highest BCUT2D eigenvalue weighted by atomic mass is 28.3. The van der Waals surface area contributed by atoms with Gasteiger partial charge >= 0.3 is 0 Å². The molecule has 2 aromatic heterocycles. The molecule has 60 heavy (non-hydrogen) atoms. The molecule has 3 aliphatic rings. The van der Waals surface area contributed by atoms with Crippen molar-refractivity contribution in [2.24, 2.45) is 0 Å². The summed E-state index contributed by atoms with van der Waals surface area (Å²) in [6, 6.07) is 64.7. The number of rotatable bonds is 2. The summed E-state index contributed by atoms with van der Waals surface area (Å²) >= 11 is 0. The molecule has 10 aromatic rings. The van der Waals surface area contributed by atoms with Crippen molar-refractivity contribution < 1.29 is 8.83 Å². The normalized spacial score (nSPS) is 14.6. The highest BCUT2D eigenvalue weighted by molar-refractivity contribution is 7.01. The van der Waals surface area contributed by atoms with Gasteiger partial charge in [0.25, 0.3) is 6.71 Å². The molecular weight excluding hydrogens is 749 g/mol. The lowest BCUT2D eigenvalue weighted by Crippen LogP contribution is -2.61. The maximum atomic E-state index is 7.08. The van der Waals surface area contributed by atoms with Gasteiger partial charge in [-0.3, -0.25) is 0 Å². The summed E-state index contributed by atoms with van der Waals surface area (Å²) in [7, 11) is -2.21. The Morgan fingerprint density at radius 2 is 1.02 bits per heavy atom. The molecule has 6 bridgehead atoms. The standard InChI is InChI=1S/C53H38BN3O2Si/c1-33-27-46-51-47(28-33)57(34-13-5-4-6-14-34)52-42-20-8-10-22-49(42)59-53(52)54(51)44-25-23-38-32-45(44)56(46)36-16-12-18-40(30-36)60(2,3)39-17-11-15-35(29-39)55(38)37-24-26-50-43(31-37)41-19-7-9-21-48(41)58-50/h4-32H,1-3H3. The monoisotopic (exact) mass is 787 g/mol. The van der Waals surface area contributed by atoms with Crippen LogP contribution in [0.3, 0.4) is 0 Å². The Morgan fingerprint density at radius 3 is 1.78 bits per heavy atom. The minimum atomic E-state index is -2.21. The molecule has 0 fully saturated rings. The zero-order chi connectivity index (χ0) is 39.9. The van der Waals surface area contributed by atoms with Gasteiger partial charge in [0, 0.05) is 61.7 Å². The van der Waals surface area contributed by atoms with Crippen molar-refractivity contribution in [3.8, 4) is 0 Å². The smallest absolute Gasteiger partial charge is 0.297 e. The first-order valence-corrected chi connectivity index (χ1v) is 23.8. The van der Waals surface area contributed by atoms with Gasteiger partial charge in [-0.1, -0.05) is 102 Å². The molecule has 0 aliphatic carbocycles. The van der Waals surface area contributed by atoms with E-state index in [0.29, 0.717) is 0 Å². The number of furan rings is 2. The lowest BCUT2D eigenvalue weighted by molar-refractivity contribution is 0.651. The van der Waals surface area contributed by atoms with Crippen LogP contribution < -0.4 is 41.7 Å². The van der Waals surface area contributed by atoms with Crippen molar-refractivity contribution in [2.45, 2.75) is 20.0 Å². The number of benzene rings is 8. The van der Waals surface area contributed by atoms with Crippen LogP contribution in [0.4, 0.5) is 51.2 Å². The van der Waals surface area contributed by atoms with Crippen molar-refractivity contribution in [3.05, 3.63) is 181 Å². The molecule has 0 saturated heterocycles. The van der Waals surface area contributed by atoms with E-state index in [2.05, 4.69) is 205 Å². The molecule has 0 radical (unpaired) electrons. The minimum absolute atomic E-state index is 0.134. The molecule has 0 unspecified atom stereocenters. The van der Waals surface area contributed by atoms with Crippen LogP contribution in [0.2, 0.25) is 13.1 Å². The second-order valence-electron chi connectivity index (χ2n) is 17.1. The van der Waals surface area contributed by atoms with Gasteiger partial charge in [-0.15, -0.1) is 0 Å². The first-order valence-electron chi connectivity index (χ1n) is 20.8. The van der Waals surface area contributed by atoms with Gasteiger partial charge in [0.15, 0.2) is 0 Å². The minimum Gasteiger partial charge on any atom is -0.468 e. The number of anilines is 9. The van der Waals surface area contributed by atoms with E-state index in [9.17, 15) is 0 Å². The summed E-state index contributed by atoms with van der Waals surface area (Å²) in [6.45, 7) is 7.07. The molecule has 3 aliphatic heterocycles. The molecular formula is C53H38BN3O2Si. The van der Waals surface area contributed by atoms with E-state index in [0.717, 1.165) is 78.4 Å². The van der Waals surface area contributed by atoms with E-state index in [1.54, 1.807) is 0 Å². The van der Waals surface area contributed by atoms with Gasteiger partial charge in [0.05, 0.1) is 11.3 Å². The Kier molecular flexibility index (Phi) is 6.84. The summed E-state index contributed by atoms with van der Waals surface area (Å²) < 4.78 is 13.4. The Balaban J connectivity index is 1.13. The van der Waals surface area contributed by atoms with Crippen molar-refractivity contribution >= 4 is 126 Å². The van der Waals surface area contributed by atoms with E-state index in [1.165, 1.54) is 38.2 Å². The summed E-state index contributed by atoms with van der Waals surface area (Å²) in [5.74, 6) is 0. The Bertz CT molecular complexity index is 3430. The van der Waals surface area contributed by atoms with E-state index >= 15 is 0 Å². The van der Waals surface area contributed by atoms with Crippen molar-refractivity contribution in [3.63, 3.8) is 0 Å². The van der Waals surface area contributed by atoms with Crippen LogP contribution in [0.5, 0.6) is 0 Å². The highest BCUT2D eigenvalue weighted by Gasteiger charge is 2.47. The van der Waals surface area contributed by atoms with Crippen LogP contribution in [0.15, 0.2) is 185 Å². The molecule has 8 aromatic carbocycles. The maximum absolute atomic E-state index is 7.08. The molecule has 5 heterocycles. The molecule has 13 rings (SSSR count). The van der Waals surface area contributed by atoms with Crippen LogP contribution >= 0.6 is 0 Å². The molecule has 0 amide bonds. The molecule has 0 spiro atoms. The van der Waals surface area contributed by atoms with E-state index in [-0.39, 0.29) is 6.71 Å². The second kappa shape index (κ2) is 12.2. The van der Waals surface area contributed by atoms with Gasteiger partial charge < -0.3 is 23.5 Å². The zero-order valence-corrected chi connectivity index (χ0v) is 34.5. The van der Waals surface area contributed by atoms with E-state index in [1.807, 2.05) is 6.07 Å². The summed E-state index contributed by atoms with van der Waals surface area (Å²) in [5, 5.41) is 6.11. The average molecular weight is 788 g/mol. The summed E-state index contributed by atoms with van der Waals surface area (Å²) in [4.78, 5) is 7.41. The molecule has 0 N–H and O–H groups in total. The van der Waals surface area contributed by atoms with Crippen LogP contribution in [-0.4, -0.2) is 14.8 Å². The molecule has 0 saturated carbocycles. The Labute approximate surface area is 349 Å². The second-order valence-corrected chi connectivity index (χ2v) is 21.5. The molecule has 7 heteroatoms. The van der Waals surface area contributed by atoms with Gasteiger partial charge in [0.1, 0.15) is 24.8 Å². The fourth-order valence-corrected chi connectivity index (χ4v) is 12.7. The molecule has 5 nitrogen and oxygen atoms in total. The maximum Gasteiger partial charge on any atom is 0.297 e. The van der Waals surface area contributed by atoms with Gasteiger partial charge in [-0.05, 0) is 120 Å².